The third kappa shape index (κ3) is 6.08. The summed E-state index contributed by atoms with van der Waals surface area (Å²) in [6, 6.07) is 8.79. The number of carbonyl (C=O) groups excluding carboxylic acids is 1. The van der Waals surface area contributed by atoms with Crippen LogP contribution in [0.4, 0.5) is 5.69 Å². The van der Waals surface area contributed by atoms with Crippen LogP contribution in [0.1, 0.15) is 31.1 Å². The molecule has 0 radical (unpaired) electrons. The molecule has 0 unspecified atom stereocenters. The molecule has 2 N–H and O–H groups in total. The Bertz CT molecular complexity index is 684. The Balaban J connectivity index is 1.92. The van der Waals surface area contributed by atoms with E-state index < -0.39 is 0 Å². The van der Waals surface area contributed by atoms with Crippen molar-refractivity contribution in [2.75, 3.05) is 18.5 Å². The van der Waals surface area contributed by atoms with Crippen LogP contribution in [0.15, 0.2) is 42.7 Å². The largest absolute Gasteiger partial charge is 0.492 e. The molecule has 0 spiro atoms. The standard InChI is InChI=1S/C18H22ClN3O2/c1-18(2,3)22-17(23)13-10-14(19)12-16(11-13)24-9-8-21-15-4-6-20-7-5-15/h4-7,10-12H,8-9H2,1-3H3,(H,20,21)(H,22,23). The first-order valence-electron chi connectivity index (χ1n) is 7.73. The van der Waals surface area contributed by atoms with Crippen molar-refractivity contribution in [2.45, 2.75) is 26.3 Å². The number of hydrogen-bond donors (Lipinski definition) is 2. The molecular weight excluding hydrogens is 326 g/mol. The summed E-state index contributed by atoms with van der Waals surface area (Å²) in [4.78, 5) is 16.2. The molecule has 0 saturated heterocycles. The minimum absolute atomic E-state index is 0.176. The van der Waals surface area contributed by atoms with E-state index in [0.29, 0.717) is 29.5 Å². The Hall–Kier alpha value is -2.27. The van der Waals surface area contributed by atoms with E-state index >= 15 is 0 Å². The van der Waals surface area contributed by atoms with Gasteiger partial charge in [-0.05, 0) is 51.1 Å². The van der Waals surface area contributed by atoms with Crippen LogP contribution in [0.3, 0.4) is 0 Å². The van der Waals surface area contributed by atoms with E-state index in [-0.39, 0.29) is 11.4 Å². The number of pyridine rings is 1. The first-order valence-corrected chi connectivity index (χ1v) is 8.11. The zero-order valence-electron chi connectivity index (χ0n) is 14.1. The van der Waals surface area contributed by atoms with E-state index in [1.165, 1.54) is 0 Å². The highest BCUT2D eigenvalue weighted by Gasteiger charge is 2.16. The van der Waals surface area contributed by atoms with Crippen molar-refractivity contribution in [3.63, 3.8) is 0 Å². The van der Waals surface area contributed by atoms with Crippen LogP contribution in [-0.2, 0) is 0 Å². The van der Waals surface area contributed by atoms with E-state index in [1.807, 2.05) is 32.9 Å². The third-order valence-electron chi connectivity index (χ3n) is 3.00. The highest BCUT2D eigenvalue weighted by Crippen LogP contribution is 2.21. The van der Waals surface area contributed by atoms with Crippen LogP contribution in [0.2, 0.25) is 5.02 Å². The molecule has 0 aliphatic rings. The van der Waals surface area contributed by atoms with Crippen LogP contribution in [0, 0.1) is 0 Å². The topological polar surface area (TPSA) is 63.2 Å². The summed E-state index contributed by atoms with van der Waals surface area (Å²) < 4.78 is 5.69. The number of benzene rings is 1. The second kappa shape index (κ2) is 8.02. The van der Waals surface area contributed by atoms with E-state index in [0.717, 1.165) is 5.69 Å². The summed E-state index contributed by atoms with van der Waals surface area (Å²) in [7, 11) is 0. The van der Waals surface area contributed by atoms with Crippen LogP contribution >= 0.6 is 11.6 Å². The number of nitrogens with one attached hydrogen (secondary N) is 2. The van der Waals surface area contributed by atoms with Crippen LogP contribution < -0.4 is 15.4 Å². The molecule has 2 aromatic rings. The van der Waals surface area contributed by atoms with Gasteiger partial charge in [0, 0.05) is 40.8 Å². The lowest BCUT2D eigenvalue weighted by molar-refractivity contribution is 0.0919. The van der Waals surface area contributed by atoms with Gasteiger partial charge in [0.2, 0.25) is 0 Å². The van der Waals surface area contributed by atoms with E-state index in [2.05, 4.69) is 15.6 Å². The average molecular weight is 348 g/mol. The number of nitrogens with zero attached hydrogens (tertiary/aromatic N) is 1. The van der Waals surface area contributed by atoms with Crippen LogP contribution in [0.5, 0.6) is 5.75 Å². The summed E-state index contributed by atoms with van der Waals surface area (Å²) in [5.74, 6) is 0.392. The second-order valence-electron chi connectivity index (χ2n) is 6.39. The smallest absolute Gasteiger partial charge is 0.251 e. The molecule has 5 nitrogen and oxygen atoms in total. The van der Waals surface area contributed by atoms with Crippen molar-refractivity contribution in [1.29, 1.82) is 0 Å². The summed E-state index contributed by atoms with van der Waals surface area (Å²) >= 11 is 6.09. The van der Waals surface area contributed by atoms with Gasteiger partial charge in [0.1, 0.15) is 12.4 Å². The van der Waals surface area contributed by atoms with Gasteiger partial charge >= 0.3 is 0 Å². The number of hydrogen-bond acceptors (Lipinski definition) is 4. The maximum atomic E-state index is 12.2. The van der Waals surface area contributed by atoms with Gasteiger partial charge < -0.3 is 15.4 Å². The summed E-state index contributed by atoms with van der Waals surface area (Å²) in [5, 5.41) is 6.59. The van der Waals surface area contributed by atoms with Gasteiger partial charge in [0.15, 0.2) is 0 Å². The molecule has 24 heavy (non-hydrogen) atoms. The van der Waals surface area contributed by atoms with Crippen LogP contribution in [0.25, 0.3) is 0 Å². The third-order valence-corrected chi connectivity index (χ3v) is 3.22. The summed E-state index contributed by atoms with van der Waals surface area (Å²) in [6.07, 6.45) is 3.44. The van der Waals surface area contributed by atoms with Gasteiger partial charge in [-0.1, -0.05) is 11.6 Å². The van der Waals surface area contributed by atoms with Gasteiger partial charge in [0.05, 0.1) is 0 Å². The maximum absolute atomic E-state index is 12.2. The molecule has 0 aliphatic heterocycles. The van der Waals surface area contributed by atoms with Crippen molar-refractivity contribution in [3.05, 3.63) is 53.3 Å². The molecule has 6 heteroatoms. The van der Waals surface area contributed by atoms with E-state index in [9.17, 15) is 4.79 Å². The SMILES string of the molecule is CC(C)(C)NC(=O)c1cc(Cl)cc(OCCNc2ccncc2)c1. The molecule has 1 aromatic carbocycles. The fourth-order valence-corrected chi connectivity index (χ4v) is 2.25. The summed E-state index contributed by atoms with van der Waals surface area (Å²) in [6.45, 7) is 6.86. The van der Waals surface area contributed by atoms with Crippen molar-refractivity contribution >= 4 is 23.2 Å². The Morgan fingerprint density at radius 2 is 1.92 bits per heavy atom. The zero-order chi connectivity index (χ0) is 17.6. The first kappa shape index (κ1) is 18.1. The molecule has 1 heterocycles. The molecule has 0 atom stereocenters. The predicted molar refractivity (Wildman–Crippen MR) is 96.9 cm³/mol. The number of rotatable bonds is 6. The van der Waals surface area contributed by atoms with Gasteiger partial charge in [-0.15, -0.1) is 0 Å². The molecule has 1 aromatic heterocycles. The molecule has 2 rings (SSSR count). The number of aromatic nitrogens is 1. The lowest BCUT2D eigenvalue weighted by atomic mass is 10.1. The first-order chi connectivity index (χ1) is 11.3. The highest BCUT2D eigenvalue weighted by atomic mass is 35.5. The van der Waals surface area contributed by atoms with Crippen molar-refractivity contribution in [3.8, 4) is 5.75 Å². The minimum Gasteiger partial charge on any atom is -0.492 e. The van der Waals surface area contributed by atoms with Crippen molar-refractivity contribution < 1.29 is 9.53 Å². The highest BCUT2D eigenvalue weighted by molar-refractivity contribution is 6.31. The van der Waals surface area contributed by atoms with E-state index in [1.54, 1.807) is 30.6 Å². The van der Waals surface area contributed by atoms with Crippen molar-refractivity contribution in [1.82, 2.24) is 10.3 Å². The Morgan fingerprint density at radius 1 is 1.21 bits per heavy atom. The molecule has 0 aliphatic carbocycles. The van der Waals surface area contributed by atoms with Gasteiger partial charge in [-0.25, -0.2) is 0 Å². The Labute approximate surface area is 147 Å². The lowest BCUT2D eigenvalue weighted by Gasteiger charge is -2.20. The van der Waals surface area contributed by atoms with Gasteiger partial charge in [0.25, 0.3) is 5.91 Å². The Morgan fingerprint density at radius 3 is 2.58 bits per heavy atom. The quantitative estimate of drug-likeness (QED) is 0.781. The van der Waals surface area contributed by atoms with Crippen molar-refractivity contribution in [2.24, 2.45) is 0 Å². The molecule has 0 fully saturated rings. The number of anilines is 1. The number of ether oxygens (including phenoxy) is 1. The molecular formula is C18H22ClN3O2. The maximum Gasteiger partial charge on any atom is 0.251 e. The fourth-order valence-electron chi connectivity index (χ4n) is 2.02. The Kier molecular flexibility index (Phi) is 6.04. The number of carbonyl (C=O) groups is 1. The fraction of sp³-hybridized carbons (Fsp3) is 0.333. The normalized spacial score (nSPS) is 11.0. The monoisotopic (exact) mass is 347 g/mol. The predicted octanol–water partition coefficient (Wildman–Crippen LogP) is 3.75. The van der Waals surface area contributed by atoms with Gasteiger partial charge in [-0.2, -0.15) is 0 Å². The second-order valence-corrected chi connectivity index (χ2v) is 6.83. The summed E-state index contributed by atoms with van der Waals surface area (Å²) in [5.41, 5.74) is 1.15. The number of amides is 1. The molecule has 1 amide bonds. The lowest BCUT2D eigenvalue weighted by Crippen LogP contribution is -2.40. The van der Waals surface area contributed by atoms with E-state index in [4.69, 9.17) is 16.3 Å². The van der Waals surface area contributed by atoms with Crippen LogP contribution in [-0.4, -0.2) is 29.6 Å². The molecule has 128 valence electrons. The average Bonchev–Trinajstić information content (AvgIpc) is 2.50. The minimum atomic E-state index is -0.311. The van der Waals surface area contributed by atoms with Gasteiger partial charge in [-0.3, -0.25) is 9.78 Å². The number of halogens is 1. The molecule has 0 bridgehead atoms. The molecule has 0 saturated carbocycles. The zero-order valence-corrected chi connectivity index (χ0v) is 14.9.